The van der Waals surface area contributed by atoms with Gasteiger partial charge >= 0.3 is 5.97 Å². The van der Waals surface area contributed by atoms with Gasteiger partial charge in [0.2, 0.25) is 5.89 Å². The van der Waals surface area contributed by atoms with Crippen LogP contribution >= 0.6 is 11.6 Å². The molecule has 16 heavy (non-hydrogen) atoms. The van der Waals surface area contributed by atoms with Crippen LogP contribution in [-0.4, -0.2) is 21.3 Å². The molecule has 0 aromatic carbocycles. The molecular formula is C9H7ClN2O4. The van der Waals surface area contributed by atoms with E-state index in [1.807, 2.05) is 0 Å². The molecule has 0 amide bonds. The number of furan rings is 1. The second-order valence-electron chi connectivity index (χ2n) is 3.00. The van der Waals surface area contributed by atoms with Crippen LogP contribution in [-0.2, 0) is 11.2 Å². The Morgan fingerprint density at radius 1 is 1.38 bits per heavy atom. The largest absolute Gasteiger partial charge is 0.481 e. The van der Waals surface area contributed by atoms with Gasteiger partial charge in [-0.05, 0) is 23.7 Å². The quantitative estimate of drug-likeness (QED) is 0.882. The molecule has 0 unspecified atom stereocenters. The number of carboxylic acids is 1. The van der Waals surface area contributed by atoms with E-state index < -0.39 is 5.97 Å². The molecule has 6 nitrogen and oxygen atoms in total. The lowest BCUT2D eigenvalue weighted by Crippen LogP contribution is -1.97. The zero-order valence-corrected chi connectivity index (χ0v) is 8.77. The maximum atomic E-state index is 10.3. The molecule has 0 aliphatic rings. The van der Waals surface area contributed by atoms with Crippen molar-refractivity contribution >= 4 is 17.6 Å². The molecule has 2 aromatic rings. The number of halogens is 1. The van der Waals surface area contributed by atoms with Gasteiger partial charge in [0.25, 0.3) is 5.89 Å². The van der Waals surface area contributed by atoms with Crippen molar-refractivity contribution in [3.05, 3.63) is 23.2 Å². The Morgan fingerprint density at radius 3 is 2.81 bits per heavy atom. The Labute approximate surface area is 94.8 Å². The van der Waals surface area contributed by atoms with E-state index in [9.17, 15) is 4.79 Å². The second-order valence-corrected chi connectivity index (χ2v) is 3.37. The number of nitrogens with zero attached hydrogens (tertiary/aromatic N) is 2. The monoisotopic (exact) mass is 242 g/mol. The van der Waals surface area contributed by atoms with Gasteiger partial charge < -0.3 is 13.9 Å². The van der Waals surface area contributed by atoms with Crippen LogP contribution < -0.4 is 0 Å². The highest BCUT2D eigenvalue weighted by atomic mass is 35.5. The van der Waals surface area contributed by atoms with Crippen molar-refractivity contribution in [3.8, 4) is 11.7 Å². The number of hydrogen-bond donors (Lipinski definition) is 1. The van der Waals surface area contributed by atoms with Crippen LogP contribution in [0, 0.1) is 0 Å². The Morgan fingerprint density at radius 2 is 2.19 bits per heavy atom. The minimum atomic E-state index is -0.916. The van der Waals surface area contributed by atoms with E-state index in [2.05, 4.69) is 10.2 Å². The molecule has 0 fully saturated rings. The van der Waals surface area contributed by atoms with E-state index in [1.54, 1.807) is 12.1 Å². The zero-order valence-electron chi connectivity index (χ0n) is 8.01. The lowest BCUT2D eigenvalue weighted by molar-refractivity contribution is -0.137. The predicted molar refractivity (Wildman–Crippen MR) is 53.0 cm³/mol. The van der Waals surface area contributed by atoms with Crippen LogP contribution in [0.15, 0.2) is 21.0 Å². The maximum absolute atomic E-state index is 10.3. The first kappa shape index (κ1) is 10.7. The molecule has 0 spiro atoms. The Bertz CT molecular complexity index is 505. The van der Waals surface area contributed by atoms with Crippen molar-refractivity contribution in [3.63, 3.8) is 0 Å². The molecule has 0 atom stereocenters. The summed E-state index contributed by atoms with van der Waals surface area (Å²) in [5, 5.41) is 16.1. The highest BCUT2D eigenvalue weighted by molar-refractivity contribution is 6.28. The number of aryl methyl sites for hydroxylation is 1. The smallest absolute Gasteiger partial charge is 0.303 e. The molecule has 0 radical (unpaired) electrons. The third kappa shape index (κ3) is 2.40. The highest BCUT2D eigenvalue weighted by Gasteiger charge is 2.12. The van der Waals surface area contributed by atoms with Crippen molar-refractivity contribution in [1.82, 2.24) is 10.2 Å². The van der Waals surface area contributed by atoms with E-state index in [4.69, 9.17) is 25.5 Å². The molecule has 2 aromatic heterocycles. The van der Waals surface area contributed by atoms with Gasteiger partial charge in [0, 0.05) is 6.42 Å². The van der Waals surface area contributed by atoms with Gasteiger partial charge in [-0.3, -0.25) is 4.79 Å². The first-order valence-electron chi connectivity index (χ1n) is 4.45. The average Bonchev–Trinajstić information content (AvgIpc) is 2.83. The average molecular weight is 243 g/mol. The van der Waals surface area contributed by atoms with Gasteiger partial charge in [0.15, 0.2) is 11.0 Å². The molecular weight excluding hydrogens is 236 g/mol. The van der Waals surface area contributed by atoms with E-state index in [1.165, 1.54) is 0 Å². The van der Waals surface area contributed by atoms with Crippen molar-refractivity contribution in [2.75, 3.05) is 0 Å². The number of rotatable bonds is 4. The summed E-state index contributed by atoms with van der Waals surface area (Å²) >= 11 is 5.59. The fraction of sp³-hybridized carbons (Fsp3) is 0.222. The lowest BCUT2D eigenvalue weighted by Gasteiger charge is -1.89. The molecule has 0 aliphatic carbocycles. The van der Waals surface area contributed by atoms with Crippen LogP contribution in [0.2, 0.25) is 5.22 Å². The number of carbonyl (C=O) groups is 1. The first-order chi connectivity index (χ1) is 7.65. The van der Waals surface area contributed by atoms with Gasteiger partial charge in [-0.25, -0.2) is 0 Å². The molecule has 2 heterocycles. The lowest BCUT2D eigenvalue weighted by atomic mass is 10.3. The molecule has 2 rings (SSSR count). The number of carboxylic acid groups (broad SMARTS) is 1. The summed E-state index contributed by atoms with van der Waals surface area (Å²) in [5.41, 5.74) is 0. The van der Waals surface area contributed by atoms with Crippen molar-refractivity contribution in [1.29, 1.82) is 0 Å². The van der Waals surface area contributed by atoms with Gasteiger partial charge in [0.1, 0.15) is 0 Å². The Kier molecular flexibility index (Phi) is 2.91. The van der Waals surface area contributed by atoms with Gasteiger partial charge in [-0.15, -0.1) is 10.2 Å². The molecule has 1 N–H and O–H groups in total. The van der Waals surface area contributed by atoms with Crippen molar-refractivity contribution in [2.24, 2.45) is 0 Å². The van der Waals surface area contributed by atoms with E-state index >= 15 is 0 Å². The van der Waals surface area contributed by atoms with Gasteiger partial charge in [-0.1, -0.05) is 0 Å². The van der Waals surface area contributed by atoms with E-state index in [0.29, 0.717) is 5.76 Å². The minimum absolute atomic E-state index is 0.0550. The number of aliphatic carboxylic acids is 1. The van der Waals surface area contributed by atoms with Gasteiger partial charge in [0.05, 0.1) is 6.42 Å². The molecule has 0 saturated carbocycles. The van der Waals surface area contributed by atoms with E-state index in [0.717, 1.165) is 0 Å². The summed E-state index contributed by atoms with van der Waals surface area (Å²) in [6.07, 6.45) is 0.136. The zero-order chi connectivity index (χ0) is 11.5. The standard InChI is InChI=1S/C9H7ClN2O4/c10-6-2-1-5(15-6)9-12-11-7(16-9)3-4-8(13)14/h1-2H,3-4H2,(H,13,14). The number of hydrogen-bond acceptors (Lipinski definition) is 5. The fourth-order valence-corrected chi connectivity index (χ4v) is 1.24. The summed E-state index contributed by atoms with van der Waals surface area (Å²) in [6.45, 7) is 0. The second kappa shape index (κ2) is 4.36. The fourth-order valence-electron chi connectivity index (χ4n) is 1.10. The van der Waals surface area contributed by atoms with Crippen LogP contribution in [0.1, 0.15) is 12.3 Å². The molecule has 0 bridgehead atoms. The Balaban J connectivity index is 2.10. The van der Waals surface area contributed by atoms with Gasteiger partial charge in [-0.2, -0.15) is 0 Å². The molecule has 84 valence electrons. The van der Waals surface area contributed by atoms with E-state index in [-0.39, 0.29) is 29.8 Å². The Hall–Kier alpha value is -1.82. The van der Waals surface area contributed by atoms with Crippen LogP contribution in [0.5, 0.6) is 0 Å². The predicted octanol–water partition coefficient (Wildman–Crippen LogP) is 2.00. The van der Waals surface area contributed by atoms with Crippen LogP contribution in [0.4, 0.5) is 0 Å². The number of aromatic nitrogens is 2. The summed E-state index contributed by atoms with van der Waals surface area (Å²) < 4.78 is 10.3. The van der Waals surface area contributed by atoms with Crippen LogP contribution in [0.25, 0.3) is 11.7 Å². The first-order valence-corrected chi connectivity index (χ1v) is 4.83. The molecule has 7 heteroatoms. The highest BCUT2D eigenvalue weighted by Crippen LogP contribution is 2.23. The maximum Gasteiger partial charge on any atom is 0.303 e. The van der Waals surface area contributed by atoms with Crippen molar-refractivity contribution < 1.29 is 18.7 Å². The normalized spacial score (nSPS) is 10.6. The minimum Gasteiger partial charge on any atom is -0.481 e. The topological polar surface area (TPSA) is 89.4 Å². The van der Waals surface area contributed by atoms with Crippen LogP contribution in [0.3, 0.4) is 0 Å². The molecule has 0 saturated heterocycles. The molecule has 0 aliphatic heterocycles. The SMILES string of the molecule is O=C(O)CCc1nnc(-c2ccc(Cl)o2)o1. The summed E-state index contributed by atoms with van der Waals surface area (Å²) in [7, 11) is 0. The summed E-state index contributed by atoms with van der Waals surface area (Å²) in [6, 6.07) is 3.15. The summed E-state index contributed by atoms with van der Waals surface area (Å²) in [5.74, 6) is -0.114. The summed E-state index contributed by atoms with van der Waals surface area (Å²) in [4.78, 5) is 10.3. The third-order valence-corrected chi connectivity index (χ3v) is 2.01. The third-order valence-electron chi connectivity index (χ3n) is 1.80. The van der Waals surface area contributed by atoms with Crippen molar-refractivity contribution in [2.45, 2.75) is 12.8 Å².